The van der Waals surface area contributed by atoms with E-state index in [-0.39, 0.29) is 11.3 Å². The zero-order valence-corrected chi connectivity index (χ0v) is 14.5. The number of alkyl halides is 3. The van der Waals surface area contributed by atoms with E-state index in [1.807, 2.05) is 0 Å². The number of nitrogens with zero attached hydrogens (tertiary/aromatic N) is 4. The van der Waals surface area contributed by atoms with Crippen molar-refractivity contribution in [2.24, 2.45) is 0 Å². The fourth-order valence-corrected chi connectivity index (χ4v) is 4.11. The summed E-state index contributed by atoms with van der Waals surface area (Å²) in [6, 6.07) is 3.76. The van der Waals surface area contributed by atoms with Crippen LogP contribution in [0.2, 0.25) is 0 Å². The molecule has 0 atom stereocenters. The molecule has 140 valence electrons. The number of aromatic amines is 2. The molecule has 0 spiro atoms. The minimum atomic E-state index is -4.57. The maximum absolute atomic E-state index is 13.5. The number of benzene rings is 1. The molecular formula is C19H13F3N6. The van der Waals surface area contributed by atoms with Crippen LogP contribution in [0.4, 0.5) is 13.2 Å². The number of aryl methyl sites for hydroxylation is 1. The molecular weight excluding hydrogens is 369 g/mol. The Morgan fingerprint density at radius 3 is 2.54 bits per heavy atom. The van der Waals surface area contributed by atoms with E-state index in [0.717, 1.165) is 47.4 Å². The minimum Gasteiger partial charge on any atom is -0.278 e. The predicted octanol–water partition coefficient (Wildman–Crippen LogP) is 4.27. The first-order valence-corrected chi connectivity index (χ1v) is 8.81. The molecule has 1 aromatic carbocycles. The van der Waals surface area contributed by atoms with Crippen molar-refractivity contribution < 1.29 is 13.2 Å². The van der Waals surface area contributed by atoms with Crippen molar-refractivity contribution in [1.82, 2.24) is 25.4 Å². The van der Waals surface area contributed by atoms with Crippen LogP contribution in [0.5, 0.6) is 0 Å². The van der Waals surface area contributed by atoms with Gasteiger partial charge in [0.25, 0.3) is 0 Å². The Balaban J connectivity index is 1.94. The van der Waals surface area contributed by atoms with Crippen LogP contribution in [-0.2, 0) is 19.0 Å². The summed E-state index contributed by atoms with van der Waals surface area (Å²) in [5.41, 5.74) is 2.42. The van der Waals surface area contributed by atoms with Gasteiger partial charge in [-0.1, -0.05) is 0 Å². The van der Waals surface area contributed by atoms with Gasteiger partial charge in [-0.15, -0.1) is 0 Å². The number of H-pyrrole nitrogens is 2. The third-order valence-corrected chi connectivity index (χ3v) is 5.30. The number of rotatable bonds is 1. The topological polar surface area (TPSA) is 94.0 Å². The van der Waals surface area contributed by atoms with Crippen molar-refractivity contribution in [3.8, 4) is 17.3 Å². The van der Waals surface area contributed by atoms with Gasteiger partial charge < -0.3 is 0 Å². The largest absolute Gasteiger partial charge is 0.433 e. The van der Waals surface area contributed by atoms with Gasteiger partial charge in [0, 0.05) is 10.8 Å². The normalized spacial score (nSPS) is 14.4. The number of hydrogen-bond donors (Lipinski definition) is 2. The smallest absolute Gasteiger partial charge is 0.278 e. The molecule has 4 aromatic rings. The van der Waals surface area contributed by atoms with Crippen molar-refractivity contribution in [3.63, 3.8) is 0 Å². The summed E-state index contributed by atoms with van der Waals surface area (Å²) in [4.78, 5) is 4.58. The summed E-state index contributed by atoms with van der Waals surface area (Å²) in [7, 11) is 0. The lowest BCUT2D eigenvalue weighted by Crippen LogP contribution is -2.12. The van der Waals surface area contributed by atoms with Gasteiger partial charge >= 0.3 is 6.18 Å². The number of nitriles is 1. The zero-order chi connectivity index (χ0) is 19.5. The predicted molar refractivity (Wildman–Crippen MR) is 95.3 cm³/mol. The molecule has 2 N–H and O–H groups in total. The molecule has 0 amide bonds. The Hall–Kier alpha value is -3.41. The highest BCUT2D eigenvalue weighted by Crippen LogP contribution is 2.42. The first-order chi connectivity index (χ1) is 13.5. The molecule has 5 rings (SSSR count). The number of hydrogen-bond acceptors (Lipinski definition) is 4. The Labute approximate surface area is 156 Å². The minimum absolute atomic E-state index is 0.0799. The summed E-state index contributed by atoms with van der Waals surface area (Å²) < 4.78 is 40.4. The number of pyridine rings is 1. The third kappa shape index (κ3) is 2.30. The summed E-state index contributed by atoms with van der Waals surface area (Å²) >= 11 is 0. The quantitative estimate of drug-likeness (QED) is 0.514. The Morgan fingerprint density at radius 1 is 1.04 bits per heavy atom. The molecule has 0 saturated heterocycles. The van der Waals surface area contributed by atoms with Crippen LogP contribution in [0.25, 0.3) is 33.1 Å². The van der Waals surface area contributed by atoms with Crippen molar-refractivity contribution >= 4 is 21.8 Å². The third-order valence-electron chi connectivity index (χ3n) is 5.30. The van der Waals surface area contributed by atoms with Crippen LogP contribution >= 0.6 is 0 Å². The lowest BCUT2D eigenvalue weighted by molar-refractivity contribution is -0.140. The summed E-state index contributed by atoms with van der Waals surface area (Å²) in [5.74, 6) is 0. The van der Waals surface area contributed by atoms with E-state index in [1.165, 1.54) is 0 Å². The molecule has 9 heteroatoms. The molecule has 0 bridgehead atoms. The molecule has 0 radical (unpaired) electrons. The highest BCUT2D eigenvalue weighted by molar-refractivity contribution is 6.10. The second-order valence-electron chi connectivity index (χ2n) is 6.87. The van der Waals surface area contributed by atoms with Crippen LogP contribution in [-0.4, -0.2) is 25.4 Å². The molecule has 3 heterocycles. The van der Waals surface area contributed by atoms with E-state index in [9.17, 15) is 18.4 Å². The number of halogens is 3. The maximum Gasteiger partial charge on any atom is 0.433 e. The number of nitrogens with one attached hydrogen (secondary N) is 2. The van der Waals surface area contributed by atoms with E-state index in [2.05, 4.69) is 31.4 Å². The van der Waals surface area contributed by atoms with Crippen LogP contribution in [0.15, 0.2) is 18.5 Å². The SMILES string of the molecule is N#Cc1cc2[nH]ncc2c2c3c(c(-c4cn[nH]c4C(F)(F)F)nc12)CCCC3. The number of fused-ring (bicyclic) bond motifs is 5. The first kappa shape index (κ1) is 16.7. The summed E-state index contributed by atoms with van der Waals surface area (Å²) in [6.07, 6.45) is 1.42. The van der Waals surface area contributed by atoms with Gasteiger partial charge in [-0.3, -0.25) is 10.2 Å². The highest BCUT2D eigenvalue weighted by atomic mass is 19.4. The molecule has 6 nitrogen and oxygen atoms in total. The van der Waals surface area contributed by atoms with Gasteiger partial charge in [-0.2, -0.15) is 28.6 Å². The fourth-order valence-electron chi connectivity index (χ4n) is 4.11. The summed E-state index contributed by atoms with van der Waals surface area (Å²) in [6.45, 7) is 0. The van der Waals surface area contributed by atoms with Crippen molar-refractivity contribution in [2.75, 3.05) is 0 Å². The monoisotopic (exact) mass is 382 g/mol. The van der Waals surface area contributed by atoms with Crippen molar-refractivity contribution in [2.45, 2.75) is 31.9 Å². The molecule has 3 aromatic heterocycles. The van der Waals surface area contributed by atoms with E-state index >= 15 is 0 Å². The molecule has 28 heavy (non-hydrogen) atoms. The molecule has 1 aliphatic rings. The van der Waals surface area contributed by atoms with Gasteiger partial charge in [0.15, 0.2) is 0 Å². The molecule has 0 unspecified atom stereocenters. The van der Waals surface area contributed by atoms with E-state index < -0.39 is 11.9 Å². The van der Waals surface area contributed by atoms with Crippen LogP contribution in [0.1, 0.15) is 35.2 Å². The Bertz CT molecular complexity index is 1280. The van der Waals surface area contributed by atoms with E-state index in [0.29, 0.717) is 23.0 Å². The van der Waals surface area contributed by atoms with Crippen LogP contribution < -0.4 is 0 Å². The lowest BCUT2D eigenvalue weighted by atomic mass is 9.85. The van der Waals surface area contributed by atoms with Gasteiger partial charge in [-0.25, -0.2) is 4.98 Å². The average molecular weight is 382 g/mol. The fraction of sp³-hybridized carbons (Fsp3) is 0.263. The molecule has 0 fully saturated rings. The molecule has 0 saturated carbocycles. The molecule has 0 aliphatic heterocycles. The van der Waals surface area contributed by atoms with Crippen LogP contribution in [0.3, 0.4) is 0 Å². The maximum atomic E-state index is 13.5. The zero-order valence-electron chi connectivity index (χ0n) is 14.5. The number of aromatic nitrogens is 5. The van der Waals surface area contributed by atoms with E-state index in [4.69, 9.17) is 0 Å². The lowest BCUT2D eigenvalue weighted by Gasteiger charge is -2.22. The average Bonchev–Trinajstić information content (AvgIpc) is 3.35. The Morgan fingerprint density at radius 2 is 1.79 bits per heavy atom. The van der Waals surface area contributed by atoms with Crippen molar-refractivity contribution in [1.29, 1.82) is 5.26 Å². The molecule has 1 aliphatic carbocycles. The second-order valence-corrected chi connectivity index (χ2v) is 6.87. The summed E-state index contributed by atoms with van der Waals surface area (Å²) in [5, 5.41) is 23.9. The second kappa shape index (κ2) is 5.79. The van der Waals surface area contributed by atoms with Gasteiger partial charge in [0.1, 0.15) is 11.8 Å². The van der Waals surface area contributed by atoms with Crippen LogP contribution in [0, 0.1) is 11.3 Å². The van der Waals surface area contributed by atoms with E-state index in [1.54, 1.807) is 12.3 Å². The highest BCUT2D eigenvalue weighted by Gasteiger charge is 2.37. The first-order valence-electron chi connectivity index (χ1n) is 8.81. The van der Waals surface area contributed by atoms with Crippen molar-refractivity contribution in [3.05, 3.63) is 40.8 Å². The standard InChI is InChI=1S/C19H13F3N6/c20-19(21,22)18-13(8-25-28-18)17-11-4-2-1-3-10(11)15-12-7-24-27-14(12)5-9(6-23)16(15)26-17/h5,7-8H,1-4H2,(H,24,27)(H,25,28). The van der Waals surface area contributed by atoms with Gasteiger partial charge in [-0.05, 0) is 42.9 Å². The van der Waals surface area contributed by atoms with Gasteiger partial charge in [0.2, 0.25) is 0 Å². The van der Waals surface area contributed by atoms with Gasteiger partial charge in [0.05, 0.1) is 40.2 Å². The Kier molecular flexibility index (Phi) is 3.46.